The molecule has 0 aliphatic carbocycles. The van der Waals surface area contributed by atoms with E-state index in [0.717, 1.165) is 4.90 Å². The van der Waals surface area contributed by atoms with E-state index >= 15 is 0 Å². The number of nitrogens with zero attached hydrogens (tertiary/aromatic N) is 2. The summed E-state index contributed by atoms with van der Waals surface area (Å²) in [5, 5.41) is 4.46. The number of hydrogen-bond acceptors (Lipinski definition) is 6. The van der Waals surface area contributed by atoms with Gasteiger partial charge in [-0.25, -0.2) is 9.69 Å². The van der Waals surface area contributed by atoms with Crippen LogP contribution in [0.15, 0.2) is 59.7 Å². The summed E-state index contributed by atoms with van der Waals surface area (Å²) >= 11 is 5.96. The van der Waals surface area contributed by atoms with Gasteiger partial charge < -0.3 is 4.74 Å². The number of carbonyl (C=O) groups excluding carboxylic acids is 3. The highest BCUT2D eigenvalue weighted by atomic mass is 35.5. The summed E-state index contributed by atoms with van der Waals surface area (Å²) < 4.78 is 4.75. The summed E-state index contributed by atoms with van der Waals surface area (Å²) in [5.41, 5.74) is 1.98. The first-order valence-corrected chi connectivity index (χ1v) is 8.51. The fourth-order valence-corrected chi connectivity index (χ4v) is 3.64. The average molecular weight is 384 g/mol. The van der Waals surface area contributed by atoms with Crippen LogP contribution in [0.1, 0.15) is 5.56 Å². The minimum atomic E-state index is -1.53. The first kappa shape index (κ1) is 17.2. The number of imide groups is 1. The first-order chi connectivity index (χ1) is 13.0. The third kappa shape index (κ3) is 2.35. The molecule has 2 heterocycles. The topological polar surface area (TPSA) is 88.1 Å². The molecule has 0 spiro atoms. The van der Waals surface area contributed by atoms with Gasteiger partial charge in [-0.2, -0.15) is 5.10 Å². The third-order valence-electron chi connectivity index (χ3n) is 4.78. The van der Waals surface area contributed by atoms with E-state index in [1.807, 2.05) is 0 Å². The molecule has 2 amide bonds. The number of fused-ring (bicyclic) bond motifs is 1. The van der Waals surface area contributed by atoms with Crippen molar-refractivity contribution in [3.05, 3.63) is 65.2 Å². The molecule has 0 saturated carbocycles. The fourth-order valence-electron chi connectivity index (χ4n) is 3.52. The van der Waals surface area contributed by atoms with Crippen molar-refractivity contribution in [2.24, 2.45) is 11.0 Å². The van der Waals surface area contributed by atoms with Crippen molar-refractivity contribution in [2.75, 3.05) is 12.0 Å². The Morgan fingerprint density at radius 3 is 2.44 bits per heavy atom. The Hall–Kier alpha value is -3.19. The Kier molecular flexibility index (Phi) is 3.96. The molecule has 2 aliphatic rings. The van der Waals surface area contributed by atoms with Crippen molar-refractivity contribution in [1.82, 2.24) is 5.43 Å². The van der Waals surface area contributed by atoms with Gasteiger partial charge in [0.1, 0.15) is 5.92 Å². The van der Waals surface area contributed by atoms with Crippen molar-refractivity contribution < 1.29 is 19.1 Å². The van der Waals surface area contributed by atoms with E-state index < -0.39 is 29.2 Å². The van der Waals surface area contributed by atoms with E-state index in [4.69, 9.17) is 16.3 Å². The van der Waals surface area contributed by atoms with Crippen molar-refractivity contribution in [3.63, 3.8) is 0 Å². The predicted molar refractivity (Wildman–Crippen MR) is 98.1 cm³/mol. The van der Waals surface area contributed by atoms with Crippen molar-refractivity contribution >= 4 is 40.8 Å². The second kappa shape index (κ2) is 6.21. The number of rotatable bonds is 3. The molecular formula is C19H14ClN3O4. The highest BCUT2D eigenvalue weighted by Gasteiger charge is 2.67. The van der Waals surface area contributed by atoms with Crippen LogP contribution in [-0.4, -0.2) is 30.6 Å². The number of para-hydroxylation sites is 1. The standard InChI is InChI=1S/C19H14ClN3O4/c1-27-17(25)15-14-16(24)23(13-5-3-2-4-6-13)18(26)19(14,22-21-15)11-7-9-12(20)10-8-11/h2-10,14,22H,1H3/t14-,19-/m1/s1. The van der Waals surface area contributed by atoms with Crippen LogP contribution in [0.25, 0.3) is 0 Å². The Morgan fingerprint density at radius 1 is 1.15 bits per heavy atom. The molecule has 4 rings (SSSR count). The van der Waals surface area contributed by atoms with Gasteiger partial charge in [-0.05, 0) is 29.8 Å². The van der Waals surface area contributed by atoms with Crippen LogP contribution >= 0.6 is 11.6 Å². The Labute approximate surface area is 159 Å². The molecule has 0 aromatic heterocycles. The molecule has 1 N–H and O–H groups in total. The van der Waals surface area contributed by atoms with Gasteiger partial charge in [-0.15, -0.1) is 0 Å². The lowest BCUT2D eigenvalue weighted by atomic mass is 9.79. The van der Waals surface area contributed by atoms with Gasteiger partial charge >= 0.3 is 5.97 Å². The van der Waals surface area contributed by atoms with Crippen molar-refractivity contribution in [3.8, 4) is 0 Å². The number of carbonyl (C=O) groups is 3. The number of amides is 2. The van der Waals surface area contributed by atoms with Crippen molar-refractivity contribution in [2.45, 2.75) is 5.54 Å². The number of hydrazone groups is 1. The van der Waals surface area contributed by atoms with E-state index in [0.29, 0.717) is 16.3 Å². The zero-order chi connectivity index (χ0) is 19.2. The summed E-state index contributed by atoms with van der Waals surface area (Å²) in [6.45, 7) is 0. The van der Waals surface area contributed by atoms with E-state index in [1.54, 1.807) is 54.6 Å². The van der Waals surface area contributed by atoms with Gasteiger partial charge in [-0.3, -0.25) is 15.0 Å². The second-order valence-corrected chi connectivity index (χ2v) is 6.60. The summed E-state index contributed by atoms with van der Waals surface area (Å²) in [6, 6.07) is 15.0. The molecule has 0 bridgehead atoms. The molecule has 1 fully saturated rings. The lowest BCUT2D eigenvalue weighted by Gasteiger charge is -2.26. The van der Waals surface area contributed by atoms with Crippen LogP contribution in [0.4, 0.5) is 5.69 Å². The smallest absolute Gasteiger partial charge is 0.355 e. The van der Waals surface area contributed by atoms with Crippen LogP contribution in [0.3, 0.4) is 0 Å². The van der Waals surface area contributed by atoms with E-state index in [9.17, 15) is 14.4 Å². The first-order valence-electron chi connectivity index (χ1n) is 8.13. The Balaban J connectivity index is 1.90. The van der Waals surface area contributed by atoms with Gasteiger partial charge in [0.05, 0.1) is 12.8 Å². The number of hydrogen-bond donors (Lipinski definition) is 1. The normalized spacial score (nSPS) is 23.7. The molecule has 2 aliphatic heterocycles. The molecule has 2 aromatic carbocycles. The third-order valence-corrected chi connectivity index (χ3v) is 5.03. The second-order valence-electron chi connectivity index (χ2n) is 6.16. The van der Waals surface area contributed by atoms with Gasteiger partial charge in [0.25, 0.3) is 5.91 Å². The summed E-state index contributed by atoms with van der Waals surface area (Å²) in [6.07, 6.45) is 0. The Morgan fingerprint density at radius 2 is 1.81 bits per heavy atom. The number of anilines is 1. The monoisotopic (exact) mass is 383 g/mol. The minimum Gasteiger partial charge on any atom is -0.464 e. The van der Waals surface area contributed by atoms with Crippen LogP contribution in [-0.2, 0) is 24.7 Å². The molecule has 2 atom stereocenters. The van der Waals surface area contributed by atoms with Gasteiger partial charge in [0, 0.05) is 5.02 Å². The summed E-state index contributed by atoms with van der Waals surface area (Å²) in [5.74, 6) is -2.97. The number of methoxy groups -OCH3 is 1. The molecule has 7 nitrogen and oxygen atoms in total. The quantitative estimate of drug-likeness (QED) is 0.645. The van der Waals surface area contributed by atoms with Crippen LogP contribution in [0.5, 0.6) is 0 Å². The summed E-state index contributed by atoms with van der Waals surface area (Å²) in [7, 11) is 1.20. The molecule has 2 aromatic rings. The Bertz CT molecular complexity index is 974. The van der Waals surface area contributed by atoms with E-state index in [2.05, 4.69) is 10.5 Å². The van der Waals surface area contributed by atoms with Crippen LogP contribution < -0.4 is 10.3 Å². The largest absolute Gasteiger partial charge is 0.464 e. The zero-order valence-electron chi connectivity index (χ0n) is 14.2. The number of nitrogens with one attached hydrogen (secondary N) is 1. The number of benzene rings is 2. The van der Waals surface area contributed by atoms with Crippen LogP contribution in [0.2, 0.25) is 5.02 Å². The molecule has 136 valence electrons. The maximum atomic E-state index is 13.4. The van der Waals surface area contributed by atoms with Crippen LogP contribution in [0, 0.1) is 5.92 Å². The van der Waals surface area contributed by atoms with E-state index in [1.165, 1.54) is 7.11 Å². The average Bonchev–Trinajstić information content (AvgIpc) is 3.19. The SMILES string of the molecule is COC(=O)C1=NN[C@@]2(c3ccc(Cl)cc3)C(=O)N(c3ccccc3)C(=O)[C@@H]12. The lowest BCUT2D eigenvalue weighted by molar-refractivity contribution is -0.133. The van der Waals surface area contributed by atoms with Crippen molar-refractivity contribution in [1.29, 1.82) is 0 Å². The van der Waals surface area contributed by atoms with Gasteiger partial charge in [0.2, 0.25) is 5.91 Å². The number of ether oxygens (including phenoxy) is 1. The molecule has 0 unspecified atom stereocenters. The maximum absolute atomic E-state index is 13.4. The zero-order valence-corrected chi connectivity index (χ0v) is 14.9. The molecular weight excluding hydrogens is 370 g/mol. The molecule has 8 heteroatoms. The molecule has 0 radical (unpaired) electrons. The fraction of sp³-hybridized carbons (Fsp3) is 0.158. The highest BCUT2D eigenvalue weighted by molar-refractivity contribution is 6.47. The maximum Gasteiger partial charge on any atom is 0.355 e. The predicted octanol–water partition coefficient (Wildman–Crippen LogP) is 1.86. The lowest BCUT2D eigenvalue weighted by Crippen LogP contribution is -2.48. The molecule has 1 saturated heterocycles. The summed E-state index contributed by atoms with van der Waals surface area (Å²) in [4.78, 5) is 39.9. The number of esters is 1. The van der Waals surface area contributed by atoms with E-state index in [-0.39, 0.29) is 5.71 Å². The highest BCUT2D eigenvalue weighted by Crippen LogP contribution is 2.45. The number of halogens is 1. The minimum absolute atomic E-state index is 0.135. The van der Waals surface area contributed by atoms with Gasteiger partial charge in [-0.1, -0.05) is 41.9 Å². The van der Waals surface area contributed by atoms with Gasteiger partial charge in [0.15, 0.2) is 11.3 Å². The molecule has 27 heavy (non-hydrogen) atoms.